The molecule has 23 heavy (non-hydrogen) atoms. The van der Waals surface area contributed by atoms with Gasteiger partial charge in [0.25, 0.3) is 0 Å². The van der Waals surface area contributed by atoms with Gasteiger partial charge in [0.05, 0.1) is 6.10 Å². The monoisotopic (exact) mass is 435 g/mol. The lowest BCUT2D eigenvalue weighted by Crippen LogP contribution is -2.49. The molecule has 0 bridgehead atoms. The number of fused-ring (bicyclic) bond motifs is 1. The molecule has 0 aromatic rings. The highest BCUT2D eigenvalue weighted by Gasteiger charge is 2.38. The van der Waals surface area contributed by atoms with Gasteiger partial charge in [-0.05, 0) is 37.5 Å². The average Bonchev–Trinajstić information content (AvgIpc) is 2.95. The van der Waals surface area contributed by atoms with Crippen molar-refractivity contribution in [1.82, 2.24) is 10.2 Å². The molecule has 4 nitrogen and oxygen atoms in total. The molecule has 3 aliphatic rings. The fraction of sp³-hybridized carbons (Fsp3) is 0.944. The van der Waals surface area contributed by atoms with E-state index in [-0.39, 0.29) is 35.5 Å². The summed E-state index contributed by atoms with van der Waals surface area (Å²) in [5.74, 6) is 2.81. The Morgan fingerprint density at radius 1 is 1.13 bits per heavy atom. The summed E-state index contributed by atoms with van der Waals surface area (Å²) in [5.41, 5.74) is 0.000669. The standard InChI is InChI=1S/C18H33N3O.HI/c1-18(10-6-5-9-16(18)22)13-20-17(19-2)21-11-14-7-3-4-8-15(14)12-21;/h14-16,22H,3-13H2,1-2H3,(H,19,20);1H. The van der Waals surface area contributed by atoms with E-state index in [1.54, 1.807) is 0 Å². The number of aliphatic imine (C=N–C) groups is 1. The van der Waals surface area contributed by atoms with E-state index in [9.17, 15) is 5.11 Å². The minimum Gasteiger partial charge on any atom is -0.392 e. The summed E-state index contributed by atoms with van der Waals surface area (Å²) < 4.78 is 0. The molecule has 2 N–H and O–H groups in total. The summed E-state index contributed by atoms with van der Waals surface area (Å²) in [7, 11) is 1.89. The van der Waals surface area contributed by atoms with Crippen LogP contribution in [-0.4, -0.2) is 48.8 Å². The van der Waals surface area contributed by atoms with Crippen LogP contribution >= 0.6 is 24.0 Å². The average molecular weight is 435 g/mol. The van der Waals surface area contributed by atoms with E-state index < -0.39 is 0 Å². The zero-order valence-corrected chi connectivity index (χ0v) is 17.1. The first-order valence-corrected chi connectivity index (χ1v) is 9.26. The van der Waals surface area contributed by atoms with E-state index >= 15 is 0 Å². The number of halogens is 1. The SMILES string of the molecule is CN=C(NCC1(C)CCCCC1O)N1CC2CCCCC2C1.I. The van der Waals surface area contributed by atoms with Crippen molar-refractivity contribution in [3.63, 3.8) is 0 Å². The van der Waals surface area contributed by atoms with Crippen LogP contribution in [0.3, 0.4) is 0 Å². The molecule has 2 saturated carbocycles. The first-order valence-electron chi connectivity index (χ1n) is 9.26. The van der Waals surface area contributed by atoms with Gasteiger partial charge in [-0.1, -0.05) is 32.6 Å². The second-order valence-corrected chi connectivity index (χ2v) is 8.03. The number of aliphatic hydroxyl groups excluding tert-OH is 1. The molecule has 1 heterocycles. The molecule has 0 aromatic heterocycles. The van der Waals surface area contributed by atoms with Gasteiger partial charge in [-0.2, -0.15) is 0 Å². The summed E-state index contributed by atoms with van der Waals surface area (Å²) in [6.07, 6.45) is 9.91. The normalized spacial score (nSPS) is 38.0. The van der Waals surface area contributed by atoms with Gasteiger partial charge in [0, 0.05) is 32.1 Å². The molecule has 0 radical (unpaired) electrons. The van der Waals surface area contributed by atoms with Crippen LogP contribution < -0.4 is 5.32 Å². The maximum absolute atomic E-state index is 10.4. The fourth-order valence-electron chi connectivity index (χ4n) is 4.78. The van der Waals surface area contributed by atoms with Gasteiger partial charge >= 0.3 is 0 Å². The Balaban J connectivity index is 0.00000192. The van der Waals surface area contributed by atoms with E-state index in [2.05, 4.69) is 22.1 Å². The van der Waals surface area contributed by atoms with E-state index in [0.29, 0.717) is 0 Å². The number of nitrogens with one attached hydrogen (secondary N) is 1. The van der Waals surface area contributed by atoms with Crippen molar-refractivity contribution in [1.29, 1.82) is 0 Å². The van der Waals surface area contributed by atoms with E-state index in [4.69, 9.17) is 0 Å². The molecule has 0 aromatic carbocycles. The second kappa shape index (κ2) is 8.37. The summed E-state index contributed by atoms with van der Waals surface area (Å²) in [4.78, 5) is 6.98. The Bertz CT molecular complexity index is 403. The number of hydrogen-bond acceptors (Lipinski definition) is 2. The van der Waals surface area contributed by atoms with Gasteiger partial charge < -0.3 is 15.3 Å². The maximum atomic E-state index is 10.4. The van der Waals surface area contributed by atoms with Crippen LogP contribution in [0.2, 0.25) is 0 Å². The van der Waals surface area contributed by atoms with Gasteiger partial charge in [-0.3, -0.25) is 4.99 Å². The van der Waals surface area contributed by atoms with Crippen LogP contribution in [-0.2, 0) is 0 Å². The maximum Gasteiger partial charge on any atom is 0.193 e. The van der Waals surface area contributed by atoms with Gasteiger partial charge in [0.2, 0.25) is 0 Å². The smallest absolute Gasteiger partial charge is 0.193 e. The highest BCUT2D eigenvalue weighted by molar-refractivity contribution is 14.0. The molecule has 5 heteroatoms. The highest BCUT2D eigenvalue weighted by Crippen LogP contribution is 2.37. The minimum absolute atomic E-state index is 0. The van der Waals surface area contributed by atoms with Crippen molar-refractivity contribution in [2.45, 2.75) is 64.4 Å². The van der Waals surface area contributed by atoms with Crippen molar-refractivity contribution in [2.75, 3.05) is 26.7 Å². The predicted octanol–water partition coefficient (Wildman–Crippen LogP) is 3.24. The quantitative estimate of drug-likeness (QED) is 0.398. The van der Waals surface area contributed by atoms with Crippen molar-refractivity contribution < 1.29 is 5.11 Å². The first kappa shape index (κ1) is 19.3. The number of hydrogen-bond donors (Lipinski definition) is 2. The minimum atomic E-state index is -0.173. The zero-order valence-electron chi connectivity index (χ0n) is 14.8. The largest absolute Gasteiger partial charge is 0.392 e. The third kappa shape index (κ3) is 4.33. The first-order chi connectivity index (χ1) is 10.6. The van der Waals surface area contributed by atoms with Crippen LogP contribution in [0.25, 0.3) is 0 Å². The van der Waals surface area contributed by atoms with Crippen LogP contribution in [0, 0.1) is 17.3 Å². The summed E-state index contributed by atoms with van der Waals surface area (Å²) in [6, 6.07) is 0. The Labute approximate surface area is 158 Å². The molecule has 2 aliphatic carbocycles. The van der Waals surface area contributed by atoms with Crippen molar-refractivity contribution >= 4 is 29.9 Å². The highest BCUT2D eigenvalue weighted by atomic mass is 127. The lowest BCUT2D eigenvalue weighted by molar-refractivity contribution is 0.00369. The van der Waals surface area contributed by atoms with Gasteiger partial charge in [-0.25, -0.2) is 0 Å². The van der Waals surface area contributed by atoms with E-state index in [1.807, 2.05) is 7.05 Å². The van der Waals surface area contributed by atoms with Crippen molar-refractivity contribution in [3.05, 3.63) is 0 Å². The van der Waals surface area contributed by atoms with Crippen LogP contribution in [0.4, 0.5) is 0 Å². The fourth-order valence-corrected chi connectivity index (χ4v) is 4.78. The molecule has 3 rings (SSSR count). The van der Waals surface area contributed by atoms with Crippen LogP contribution in [0.5, 0.6) is 0 Å². The molecule has 1 saturated heterocycles. The lowest BCUT2D eigenvalue weighted by Gasteiger charge is -2.39. The Morgan fingerprint density at radius 3 is 2.30 bits per heavy atom. The zero-order chi connectivity index (χ0) is 15.6. The molecule has 134 valence electrons. The molecule has 4 atom stereocenters. The van der Waals surface area contributed by atoms with Crippen LogP contribution in [0.15, 0.2) is 4.99 Å². The van der Waals surface area contributed by atoms with Gasteiger partial charge in [0.15, 0.2) is 5.96 Å². The van der Waals surface area contributed by atoms with E-state index in [1.165, 1.54) is 51.6 Å². The van der Waals surface area contributed by atoms with E-state index in [0.717, 1.165) is 37.2 Å². The topological polar surface area (TPSA) is 47.9 Å². The number of guanidine groups is 1. The molecule has 0 spiro atoms. The predicted molar refractivity (Wildman–Crippen MR) is 106 cm³/mol. The van der Waals surface area contributed by atoms with Gasteiger partial charge in [-0.15, -0.1) is 24.0 Å². The van der Waals surface area contributed by atoms with Gasteiger partial charge in [0.1, 0.15) is 0 Å². The third-order valence-corrected chi connectivity index (χ3v) is 6.42. The molecule has 0 amide bonds. The number of aliphatic hydroxyl groups is 1. The number of nitrogens with zero attached hydrogens (tertiary/aromatic N) is 2. The summed E-state index contributed by atoms with van der Waals surface area (Å²) in [6.45, 7) is 5.40. The molecular weight excluding hydrogens is 401 g/mol. The molecule has 4 unspecified atom stereocenters. The Hall–Kier alpha value is -0.0400. The van der Waals surface area contributed by atoms with Crippen molar-refractivity contribution in [3.8, 4) is 0 Å². The number of likely N-dealkylation sites (tertiary alicyclic amines) is 1. The molecular formula is C18H34IN3O. The summed E-state index contributed by atoms with van der Waals surface area (Å²) >= 11 is 0. The third-order valence-electron chi connectivity index (χ3n) is 6.42. The summed E-state index contributed by atoms with van der Waals surface area (Å²) in [5, 5.41) is 13.9. The van der Waals surface area contributed by atoms with Crippen molar-refractivity contribution in [2.24, 2.45) is 22.2 Å². The Kier molecular flexibility index (Phi) is 7.01. The number of rotatable bonds is 2. The second-order valence-electron chi connectivity index (χ2n) is 8.03. The molecule has 1 aliphatic heterocycles. The van der Waals surface area contributed by atoms with Crippen LogP contribution in [0.1, 0.15) is 58.3 Å². The lowest BCUT2D eigenvalue weighted by atomic mass is 9.73. The Morgan fingerprint density at radius 2 is 1.74 bits per heavy atom. The molecule has 3 fully saturated rings.